The molecule has 0 saturated heterocycles. The van der Waals surface area contributed by atoms with E-state index < -0.39 is 0 Å². The molecule has 0 radical (unpaired) electrons. The third-order valence-electron chi connectivity index (χ3n) is 2.42. The lowest BCUT2D eigenvalue weighted by molar-refractivity contribution is 0.145. The maximum absolute atomic E-state index is 5.39. The van der Waals surface area contributed by atoms with Gasteiger partial charge in [0.1, 0.15) is 5.75 Å². The molecule has 0 fully saturated rings. The molecule has 1 atom stereocenters. The fraction of sp³-hybridized carbons (Fsp3) is 0.333. The van der Waals surface area contributed by atoms with E-state index in [1.54, 1.807) is 7.11 Å². The molecule has 1 unspecified atom stereocenters. The van der Waals surface area contributed by atoms with Crippen LogP contribution in [0.1, 0.15) is 11.5 Å². The van der Waals surface area contributed by atoms with Gasteiger partial charge < -0.3 is 9.47 Å². The Morgan fingerprint density at radius 2 is 2.21 bits per heavy atom. The summed E-state index contributed by atoms with van der Waals surface area (Å²) in [6.45, 7) is 1.47. The molecule has 2 rings (SSSR count). The lowest BCUT2D eigenvalue weighted by Gasteiger charge is -2.19. The van der Waals surface area contributed by atoms with E-state index in [-0.39, 0.29) is 0 Å². The van der Waals surface area contributed by atoms with Crippen LogP contribution in [0.3, 0.4) is 0 Å². The Morgan fingerprint density at radius 1 is 1.36 bits per heavy atom. The van der Waals surface area contributed by atoms with Gasteiger partial charge in [0.05, 0.1) is 20.3 Å². The highest BCUT2D eigenvalue weighted by Crippen LogP contribution is 2.28. The fourth-order valence-electron chi connectivity index (χ4n) is 1.70. The van der Waals surface area contributed by atoms with Gasteiger partial charge in [-0.3, -0.25) is 0 Å². The summed E-state index contributed by atoms with van der Waals surface area (Å²) in [6, 6.07) is 8.08. The summed E-state index contributed by atoms with van der Waals surface area (Å²) >= 11 is 0. The molecular weight excluding hydrogens is 176 g/mol. The van der Waals surface area contributed by atoms with Crippen molar-refractivity contribution in [1.82, 2.24) is 0 Å². The Morgan fingerprint density at radius 3 is 2.93 bits per heavy atom. The molecule has 1 heterocycles. The van der Waals surface area contributed by atoms with Gasteiger partial charge in [0.25, 0.3) is 0 Å². The van der Waals surface area contributed by atoms with E-state index in [1.165, 1.54) is 5.56 Å². The zero-order valence-electron chi connectivity index (χ0n) is 8.27. The van der Waals surface area contributed by atoms with E-state index >= 15 is 0 Å². The van der Waals surface area contributed by atoms with Crippen LogP contribution in [0.4, 0.5) is 0 Å². The van der Waals surface area contributed by atoms with Crippen molar-refractivity contribution in [2.24, 2.45) is 0 Å². The van der Waals surface area contributed by atoms with Gasteiger partial charge in [-0.15, -0.1) is 0 Å². The Balaban J connectivity index is 2.29. The van der Waals surface area contributed by atoms with Gasteiger partial charge in [-0.2, -0.15) is 0 Å². The Kier molecular flexibility index (Phi) is 2.84. The molecule has 1 aromatic carbocycles. The van der Waals surface area contributed by atoms with Crippen molar-refractivity contribution in [3.05, 3.63) is 42.0 Å². The summed E-state index contributed by atoms with van der Waals surface area (Å²) < 4.78 is 10.7. The fourth-order valence-corrected chi connectivity index (χ4v) is 1.70. The highest BCUT2D eigenvalue weighted by molar-refractivity contribution is 5.38. The molecule has 0 aromatic heterocycles. The predicted octanol–water partition coefficient (Wildman–Crippen LogP) is 2.37. The second-order valence-electron chi connectivity index (χ2n) is 3.31. The third kappa shape index (κ3) is 1.80. The highest BCUT2D eigenvalue weighted by Gasteiger charge is 2.14. The molecule has 2 nitrogen and oxygen atoms in total. The average Bonchev–Trinajstić information content (AvgIpc) is 2.30. The van der Waals surface area contributed by atoms with Gasteiger partial charge in [-0.05, 0) is 6.07 Å². The van der Waals surface area contributed by atoms with Crippen LogP contribution in [-0.2, 0) is 4.74 Å². The van der Waals surface area contributed by atoms with E-state index in [2.05, 4.69) is 18.2 Å². The standard InChI is InChI=1S/C12H14O2/c1-13-12-7-3-2-6-11(12)10-5-4-8-14-9-10/h2-7,10H,8-9H2,1H3. The summed E-state index contributed by atoms with van der Waals surface area (Å²) in [5, 5.41) is 0. The van der Waals surface area contributed by atoms with Gasteiger partial charge in [-0.25, -0.2) is 0 Å². The molecule has 14 heavy (non-hydrogen) atoms. The Hall–Kier alpha value is -1.28. The van der Waals surface area contributed by atoms with Crippen molar-refractivity contribution >= 4 is 0 Å². The summed E-state index contributed by atoms with van der Waals surface area (Å²) in [6.07, 6.45) is 4.24. The van der Waals surface area contributed by atoms with Crippen LogP contribution >= 0.6 is 0 Å². The van der Waals surface area contributed by atoms with Crippen molar-refractivity contribution in [1.29, 1.82) is 0 Å². The molecule has 74 valence electrons. The van der Waals surface area contributed by atoms with E-state index in [0.717, 1.165) is 19.0 Å². The van der Waals surface area contributed by atoms with Crippen molar-refractivity contribution in [3.8, 4) is 5.75 Å². The highest BCUT2D eigenvalue weighted by atomic mass is 16.5. The molecule has 1 aliphatic heterocycles. The zero-order chi connectivity index (χ0) is 9.80. The largest absolute Gasteiger partial charge is 0.496 e. The SMILES string of the molecule is COc1ccccc1C1C=CCOC1. The minimum absolute atomic E-state index is 0.333. The van der Waals surface area contributed by atoms with Crippen LogP contribution in [0.2, 0.25) is 0 Å². The van der Waals surface area contributed by atoms with Gasteiger partial charge >= 0.3 is 0 Å². The molecule has 0 N–H and O–H groups in total. The first-order valence-corrected chi connectivity index (χ1v) is 4.79. The number of benzene rings is 1. The Bertz CT molecular complexity index is 331. The van der Waals surface area contributed by atoms with Crippen LogP contribution in [-0.4, -0.2) is 20.3 Å². The first-order chi connectivity index (χ1) is 6.92. The minimum atomic E-state index is 0.333. The summed E-state index contributed by atoms with van der Waals surface area (Å²) in [4.78, 5) is 0. The monoisotopic (exact) mass is 190 g/mol. The number of hydrogen-bond acceptors (Lipinski definition) is 2. The van der Waals surface area contributed by atoms with Crippen LogP contribution in [0.15, 0.2) is 36.4 Å². The maximum atomic E-state index is 5.39. The third-order valence-corrected chi connectivity index (χ3v) is 2.42. The lowest BCUT2D eigenvalue weighted by atomic mass is 9.97. The minimum Gasteiger partial charge on any atom is -0.496 e. The van der Waals surface area contributed by atoms with Crippen LogP contribution in [0, 0.1) is 0 Å². The quantitative estimate of drug-likeness (QED) is 0.666. The molecule has 2 heteroatoms. The predicted molar refractivity (Wildman–Crippen MR) is 55.7 cm³/mol. The number of hydrogen-bond donors (Lipinski definition) is 0. The van der Waals surface area contributed by atoms with Gasteiger partial charge in [0, 0.05) is 11.5 Å². The normalized spacial score (nSPS) is 20.8. The van der Waals surface area contributed by atoms with E-state index in [0.29, 0.717) is 5.92 Å². The number of para-hydroxylation sites is 1. The first kappa shape index (κ1) is 9.28. The molecule has 0 saturated carbocycles. The van der Waals surface area contributed by atoms with E-state index in [1.807, 2.05) is 18.2 Å². The first-order valence-electron chi connectivity index (χ1n) is 4.79. The number of methoxy groups -OCH3 is 1. The molecule has 0 bridgehead atoms. The number of rotatable bonds is 2. The van der Waals surface area contributed by atoms with Gasteiger partial charge in [0.2, 0.25) is 0 Å². The Labute approximate surface area is 84.2 Å². The zero-order valence-corrected chi connectivity index (χ0v) is 8.27. The summed E-state index contributed by atoms with van der Waals surface area (Å²) in [5.41, 5.74) is 1.20. The molecule has 0 aliphatic carbocycles. The molecule has 1 aliphatic rings. The van der Waals surface area contributed by atoms with Crippen LogP contribution in [0.5, 0.6) is 5.75 Å². The van der Waals surface area contributed by atoms with E-state index in [4.69, 9.17) is 9.47 Å². The molecule has 1 aromatic rings. The van der Waals surface area contributed by atoms with Crippen molar-refractivity contribution in [2.45, 2.75) is 5.92 Å². The van der Waals surface area contributed by atoms with Crippen LogP contribution < -0.4 is 4.74 Å². The maximum Gasteiger partial charge on any atom is 0.122 e. The summed E-state index contributed by atoms with van der Waals surface area (Å²) in [5.74, 6) is 1.27. The second kappa shape index (κ2) is 4.29. The smallest absolute Gasteiger partial charge is 0.122 e. The molecule has 0 spiro atoms. The van der Waals surface area contributed by atoms with Crippen molar-refractivity contribution in [2.75, 3.05) is 20.3 Å². The van der Waals surface area contributed by atoms with Crippen molar-refractivity contribution < 1.29 is 9.47 Å². The second-order valence-corrected chi connectivity index (χ2v) is 3.31. The number of ether oxygens (including phenoxy) is 2. The summed E-state index contributed by atoms with van der Waals surface area (Å²) in [7, 11) is 1.70. The molecule has 0 amide bonds. The lowest BCUT2D eigenvalue weighted by Crippen LogP contribution is -2.11. The van der Waals surface area contributed by atoms with Crippen LogP contribution in [0.25, 0.3) is 0 Å². The van der Waals surface area contributed by atoms with E-state index in [9.17, 15) is 0 Å². The van der Waals surface area contributed by atoms with Gasteiger partial charge in [0.15, 0.2) is 0 Å². The molecular formula is C12H14O2. The van der Waals surface area contributed by atoms with Crippen molar-refractivity contribution in [3.63, 3.8) is 0 Å². The average molecular weight is 190 g/mol. The topological polar surface area (TPSA) is 18.5 Å². The van der Waals surface area contributed by atoms with Gasteiger partial charge in [-0.1, -0.05) is 30.4 Å².